The second kappa shape index (κ2) is 75.5. The van der Waals surface area contributed by atoms with Gasteiger partial charge in [0.1, 0.15) is 19.3 Å². The molecule has 103 heavy (non-hydrogen) atoms. The number of esters is 4. The van der Waals surface area contributed by atoms with Gasteiger partial charge in [0.25, 0.3) is 0 Å². The van der Waals surface area contributed by atoms with E-state index in [0.717, 1.165) is 102 Å². The highest BCUT2D eigenvalue weighted by Crippen LogP contribution is 2.45. The Morgan fingerprint density at radius 1 is 0.262 bits per heavy atom. The molecule has 2 unspecified atom stereocenters. The van der Waals surface area contributed by atoms with Gasteiger partial charge in [0.05, 0.1) is 26.4 Å². The van der Waals surface area contributed by atoms with Gasteiger partial charge >= 0.3 is 39.5 Å². The van der Waals surface area contributed by atoms with Crippen LogP contribution in [0, 0.1) is 11.8 Å². The lowest BCUT2D eigenvalue weighted by Gasteiger charge is -2.21. The second-order valence-corrected chi connectivity index (χ2v) is 34.1. The molecule has 0 heterocycles. The predicted octanol–water partition coefficient (Wildman–Crippen LogP) is 25.5. The summed E-state index contributed by atoms with van der Waals surface area (Å²) in [5, 5.41) is 10.7. The molecule has 0 aromatic heterocycles. The molecule has 0 fully saturated rings. The van der Waals surface area contributed by atoms with Crippen molar-refractivity contribution in [2.24, 2.45) is 11.8 Å². The molecule has 0 aromatic rings. The van der Waals surface area contributed by atoms with Crippen LogP contribution < -0.4 is 0 Å². The minimum atomic E-state index is -4.96. The van der Waals surface area contributed by atoms with Crippen molar-refractivity contribution in [3.05, 3.63) is 0 Å². The number of hydrogen-bond acceptors (Lipinski definition) is 15. The molecule has 0 saturated carbocycles. The van der Waals surface area contributed by atoms with Crippen LogP contribution in [0.1, 0.15) is 446 Å². The maximum atomic E-state index is 13.1. The van der Waals surface area contributed by atoms with Crippen molar-refractivity contribution < 1.29 is 80.2 Å². The Kier molecular flexibility index (Phi) is 74.1. The van der Waals surface area contributed by atoms with Gasteiger partial charge in [-0.3, -0.25) is 37.3 Å². The molecule has 612 valence electrons. The first-order valence-corrected chi connectivity index (χ1v) is 46.5. The summed E-state index contributed by atoms with van der Waals surface area (Å²) in [7, 11) is -9.92. The summed E-state index contributed by atoms with van der Waals surface area (Å²) in [6, 6.07) is 0. The second-order valence-electron chi connectivity index (χ2n) is 31.2. The number of carbonyl (C=O) groups excluding carboxylic acids is 4. The fourth-order valence-corrected chi connectivity index (χ4v) is 14.6. The molecule has 17 nitrogen and oxygen atoms in total. The van der Waals surface area contributed by atoms with Gasteiger partial charge in [-0.25, -0.2) is 9.13 Å². The number of aliphatic hydroxyl groups is 1. The fourth-order valence-electron chi connectivity index (χ4n) is 13.1. The smallest absolute Gasteiger partial charge is 0.462 e. The average Bonchev–Trinajstić information content (AvgIpc) is 0.918. The van der Waals surface area contributed by atoms with E-state index < -0.39 is 97.5 Å². The lowest BCUT2D eigenvalue weighted by atomic mass is 10.0. The highest BCUT2D eigenvalue weighted by atomic mass is 31.2. The molecule has 0 aliphatic rings. The Morgan fingerprint density at radius 2 is 0.447 bits per heavy atom. The highest BCUT2D eigenvalue weighted by Gasteiger charge is 2.30. The third-order valence-electron chi connectivity index (χ3n) is 19.7. The third-order valence-corrected chi connectivity index (χ3v) is 21.6. The average molecular weight is 1510 g/mol. The summed E-state index contributed by atoms with van der Waals surface area (Å²) in [6.07, 6.45) is 66.8. The molecular formula is C84H164O17P2. The van der Waals surface area contributed by atoms with Crippen LogP contribution in [0.2, 0.25) is 0 Å². The molecule has 0 amide bonds. The lowest BCUT2D eigenvalue weighted by molar-refractivity contribution is -0.161. The van der Waals surface area contributed by atoms with Crippen molar-refractivity contribution >= 4 is 39.5 Å². The summed E-state index contributed by atoms with van der Waals surface area (Å²) >= 11 is 0. The standard InChI is InChI=1S/C84H164O17P2/c1-7-9-11-13-15-17-19-21-23-24-25-26-27-28-31-36-40-44-50-57-63-69-83(88)100-79(72-94-81(86)66-60-54-48-42-38-35-32-29-30-33-37-41-46-52-58-64-76(3)4)74-98-102(90,91)96-70-78(85)71-97-103(92,93)99-75-80(73-95-82(87)67-61-55-51-45-47-53-59-65-77(5)6)101-84(89)68-62-56-49-43-39-34-22-20-18-16-14-12-10-8-2/h76-80,85H,7-75H2,1-6H3,(H,90,91)(H,92,93)/t78-,79-,80-/m1/s1. The van der Waals surface area contributed by atoms with Crippen LogP contribution in [-0.2, 0) is 65.4 Å². The number of aliphatic hydroxyl groups excluding tert-OH is 1. The molecule has 0 aliphatic heterocycles. The molecule has 0 saturated heterocycles. The van der Waals surface area contributed by atoms with E-state index in [-0.39, 0.29) is 25.7 Å². The highest BCUT2D eigenvalue weighted by molar-refractivity contribution is 7.47. The quantitative estimate of drug-likeness (QED) is 0.0222. The number of phosphoric ester groups is 2. The number of carbonyl (C=O) groups is 4. The third kappa shape index (κ3) is 78.0. The predicted molar refractivity (Wildman–Crippen MR) is 423 cm³/mol. The minimum Gasteiger partial charge on any atom is -0.462 e. The SMILES string of the molecule is CCCCCCCCCCCCCCCCCCCCCCCC(=O)O[C@H](COC(=O)CCCCCCCCCCCCCCCCCC(C)C)COP(=O)(O)OC[C@@H](O)COP(=O)(O)OC[C@@H](COC(=O)CCCCCCCCCC(C)C)OC(=O)CCCCCCCCCCCCCCCC. The number of rotatable bonds is 83. The van der Waals surface area contributed by atoms with Crippen LogP contribution in [0.15, 0.2) is 0 Å². The van der Waals surface area contributed by atoms with Crippen molar-refractivity contribution in [2.45, 2.75) is 464 Å². The van der Waals surface area contributed by atoms with E-state index in [1.165, 1.54) is 257 Å². The van der Waals surface area contributed by atoms with E-state index >= 15 is 0 Å². The summed E-state index contributed by atoms with van der Waals surface area (Å²) in [5.74, 6) is -0.594. The first-order valence-electron chi connectivity index (χ1n) is 43.5. The summed E-state index contributed by atoms with van der Waals surface area (Å²) < 4.78 is 68.8. The largest absolute Gasteiger partial charge is 0.472 e. The molecule has 3 N–H and O–H groups in total. The molecule has 5 atom stereocenters. The van der Waals surface area contributed by atoms with Crippen molar-refractivity contribution in [1.82, 2.24) is 0 Å². The van der Waals surface area contributed by atoms with E-state index in [2.05, 4.69) is 41.5 Å². The van der Waals surface area contributed by atoms with Crippen LogP contribution in [0.4, 0.5) is 0 Å². The number of unbranched alkanes of at least 4 members (excludes halogenated alkanes) is 53. The van der Waals surface area contributed by atoms with Crippen LogP contribution in [-0.4, -0.2) is 96.7 Å². The monoisotopic (exact) mass is 1510 g/mol. The van der Waals surface area contributed by atoms with Crippen molar-refractivity contribution in [1.29, 1.82) is 0 Å². The van der Waals surface area contributed by atoms with Crippen molar-refractivity contribution in [3.8, 4) is 0 Å². The number of hydrogen-bond donors (Lipinski definition) is 3. The molecular weight excluding hydrogens is 1340 g/mol. The van der Waals surface area contributed by atoms with E-state index in [1.54, 1.807) is 0 Å². The Hall–Kier alpha value is -1.94. The first kappa shape index (κ1) is 101. The molecule has 0 aliphatic carbocycles. The molecule has 0 bridgehead atoms. The zero-order chi connectivity index (χ0) is 75.6. The normalized spacial score (nSPS) is 13.9. The Balaban J connectivity index is 5.22. The van der Waals surface area contributed by atoms with Crippen molar-refractivity contribution in [3.63, 3.8) is 0 Å². The fraction of sp³-hybridized carbons (Fsp3) is 0.952. The zero-order valence-electron chi connectivity index (χ0n) is 67.6. The van der Waals surface area contributed by atoms with Crippen LogP contribution in [0.25, 0.3) is 0 Å². The van der Waals surface area contributed by atoms with Crippen LogP contribution in [0.5, 0.6) is 0 Å². The molecule has 0 rings (SSSR count). The van der Waals surface area contributed by atoms with Crippen LogP contribution in [0.3, 0.4) is 0 Å². The number of phosphoric acid groups is 2. The van der Waals surface area contributed by atoms with Gasteiger partial charge < -0.3 is 33.8 Å². The lowest BCUT2D eigenvalue weighted by Crippen LogP contribution is -2.30. The van der Waals surface area contributed by atoms with Crippen molar-refractivity contribution in [2.75, 3.05) is 39.6 Å². The summed E-state index contributed by atoms with van der Waals surface area (Å²) in [5.41, 5.74) is 0. The van der Waals surface area contributed by atoms with Gasteiger partial charge in [-0.2, -0.15) is 0 Å². The Bertz CT molecular complexity index is 1980. The van der Waals surface area contributed by atoms with E-state index in [1.807, 2.05) is 0 Å². The molecule has 0 radical (unpaired) electrons. The van der Waals surface area contributed by atoms with Gasteiger partial charge in [0.2, 0.25) is 0 Å². The van der Waals surface area contributed by atoms with Gasteiger partial charge in [0.15, 0.2) is 12.2 Å². The zero-order valence-corrected chi connectivity index (χ0v) is 69.4. The van der Waals surface area contributed by atoms with E-state index in [4.69, 9.17) is 37.0 Å². The van der Waals surface area contributed by atoms with Gasteiger partial charge in [-0.15, -0.1) is 0 Å². The first-order chi connectivity index (χ1) is 49.9. The van der Waals surface area contributed by atoms with Gasteiger partial charge in [0, 0.05) is 25.7 Å². The van der Waals surface area contributed by atoms with E-state index in [9.17, 15) is 43.2 Å². The molecule has 19 heteroatoms. The Morgan fingerprint density at radius 3 is 0.660 bits per heavy atom. The number of ether oxygens (including phenoxy) is 4. The Labute approximate surface area is 632 Å². The summed E-state index contributed by atoms with van der Waals surface area (Å²) in [4.78, 5) is 73.1. The van der Waals surface area contributed by atoms with Gasteiger partial charge in [-0.1, -0.05) is 395 Å². The topological polar surface area (TPSA) is 237 Å². The minimum absolute atomic E-state index is 0.107. The molecule has 0 spiro atoms. The maximum Gasteiger partial charge on any atom is 0.472 e. The van der Waals surface area contributed by atoms with Gasteiger partial charge in [-0.05, 0) is 37.5 Å². The maximum absolute atomic E-state index is 13.1. The van der Waals surface area contributed by atoms with Crippen LogP contribution >= 0.6 is 15.6 Å². The molecule has 0 aromatic carbocycles. The van der Waals surface area contributed by atoms with E-state index in [0.29, 0.717) is 31.6 Å². The summed E-state index contributed by atoms with van der Waals surface area (Å²) in [6.45, 7) is 9.63.